The van der Waals surface area contributed by atoms with Gasteiger partial charge in [-0.05, 0) is 37.7 Å². The second-order valence-corrected chi connectivity index (χ2v) is 7.35. The molecule has 0 aliphatic carbocycles. The van der Waals surface area contributed by atoms with Gasteiger partial charge in [-0.1, -0.05) is 44.2 Å². The van der Waals surface area contributed by atoms with Gasteiger partial charge in [0.25, 0.3) is 5.91 Å². The van der Waals surface area contributed by atoms with E-state index >= 15 is 0 Å². The maximum absolute atomic E-state index is 13.1. The minimum absolute atomic E-state index is 0.141. The third-order valence-electron chi connectivity index (χ3n) is 4.93. The fourth-order valence-corrected chi connectivity index (χ4v) is 3.90. The third-order valence-corrected chi connectivity index (χ3v) is 4.93. The van der Waals surface area contributed by atoms with Crippen molar-refractivity contribution in [2.24, 2.45) is 11.8 Å². The van der Waals surface area contributed by atoms with E-state index in [1.54, 1.807) is 0 Å². The topological polar surface area (TPSA) is 38.1 Å². The minimum Gasteiger partial charge on any atom is -0.338 e. The zero-order valence-electron chi connectivity index (χ0n) is 15.1. The van der Waals surface area contributed by atoms with E-state index in [9.17, 15) is 4.79 Å². The Morgan fingerprint density at radius 2 is 1.75 bits per heavy atom. The summed E-state index contributed by atoms with van der Waals surface area (Å²) < 4.78 is 1.95. The lowest BCUT2D eigenvalue weighted by Crippen LogP contribution is -2.42. The molecule has 24 heavy (non-hydrogen) atoms. The molecule has 1 aromatic heterocycles. The number of nitrogens with zero attached hydrogens (tertiary/aromatic N) is 3. The smallest absolute Gasteiger partial charge is 0.257 e. The molecule has 2 atom stereocenters. The van der Waals surface area contributed by atoms with Crippen LogP contribution in [0.2, 0.25) is 0 Å². The first-order chi connectivity index (χ1) is 11.5. The molecule has 0 bridgehead atoms. The summed E-state index contributed by atoms with van der Waals surface area (Å²) in [6.45, 7) is 10.8. The number of amides is 1. The predicted octanol–water partition coefficient (Wildman–Crippen LogP) is 3.67. The molecule has 0 N–H and O–H groups in total. The zero-order valence-corrected chi connectivity index (χ0v) is 15.1. The Morgan fingerprint density at radius 1 is 1.12 bits per heavy atom. The second kappa shape index (κ2) is 6.80. The molecule has 4 nitrogen and oxygen atoms in total. The molecule has 4 heteroatoms. The second-order valence-electron chi connectivity index (χ2n) is 7.35. The van der Waals surface area contributed by atoms with Gasteiger partial charge in [-0.3, -0.25) is 9.48 Å². The Bertz CT molecular complexity index is 710. The molecule has 1 amide bonds. The van der Waals surface area contributed by atoms with Gasteiger partial charge in [-0.2, -0.15) is 5.10 Å². The first kappa shape index (κ1) is 16.7. The van der Waals surface area contributed by atoms with Gasteiger partial charge < -0.3 is 4.90 Å². The van der Waals surface area contributed by atoms with Gasteiger partial charge in [0.2, 0.25) is 0 Å². The van der Waals surface area contributed by atoms with Crippen molar-refractivity contribution in [3.05, 3.63) is 52.8 Å². The van der Waals surface area contributed by atoms with Gasteiger partial charge in [0.15, 0.2) is 0 Å². The Hall–Kier alpha value is -2.10. The van der Waals surface area contributed by atoms with Crippen molar-refractivity contribution in [1.29, 1.82) is 0 Å². The van der Waals surface area contributed by atoms with Gasteiger partial charge in [0.05, 0.1) is 17.8 Å². The van der Waals surface area contributed by atoms with E-state index in [1.807, 2.05) is 41.6 Å². The molecule has 2 heterocycles. The maximum atomic E-state index is 13.1. The third kappa shape index (κ3) is 3.37. The van der Waals surface area contributed by atoms with Crippen molar-refractivity contribution in [2.75, 3.05) is 13.1 Å². The monoisotopic (exact) mass is 325 g/mol. The van der Waals surface area contributed by atoms with E-state index in [0.29, 0.717) is 18.4 Å². The summed E-state index contributed by atoms with van der Waals surface area (Å²) >= 11 is 0. The number of piperidine rings is 1. The molecular formula is C20H27N3O. The van der Waals surface area contributed by atoms with E-state index in [4.69, 9.17) is 0 Å². The van der Waals surface area contributed by atoms with E-state index in [-0.39, 0.29) is 5.91 Å². The average molecular weight is 325 g/mol. The Kier molecular flexibility index (Phi) is 4.74. The van der Waals surface area contributed by atoms with Gasteiger partial charge in [-0.25, -0.2) is 0 Å². The summed E-state index contributed by atoms with van der Waals surface area (Å²) in [5, 5.41) is 4.63. The van der Waals surface area contributed by atoms with Crippen LogP contribution < -0.4 is 0 Å². The van der Waals surface area contributed by atoms with E-state index in [2.05, 4.69) is 31.1 Å². The van der Waals surface area contributed by atoms with Gasteiger partial charge in [-0.15, -0.1) is 0 Å². The molecule has 1 saturated heterocycles. The van der Waals surface area contributed by atoms with E-state index in [0.717, 1.165) is 30.0 Å². The van der Waals surface area contributed by atoms with Crippen LogP contribution in [0.3, 0.4) is 0 Å². The number of likely N-dealkylation sites (tertiary alicyclic amines) is 1. The molecule has 1 aliphatic heterocycles. The Morgan fingerprint density at radius 3 is 2.38 bits per heavy atom. The number of hydrogen-bond acceptors (Lipinski definition) is 2. The molecule has 1 fully saturated rings. The van der Waals surface area contributed by atoms with Crippen molar-refractivity contribution in [3.8, 4) is 0 Å². The lowest BCUT2D eigenvalue weighted by Gasteiger charge is -2.35. The van der Waals surface area contributed by atoms with Crippen LogP contribution in [0.25, 0.3) is 0 Å². The van der Waals surface area contributed by atoms with Crippen molar-refractivity contribution >= 4 is 5.91 Å². The highest BCUT2D eigenvalue weighted by Gasteiger charge is 2.29. The van der Waals surface area contributed by atoms with Crippen LogP contribution >= 0.6 is 0 Å². The molecule has 1 aromatic carbocycles. The average Bonchev–Trinajstić information content (AvgIpc) is 2.81. The summed E-state index contributed by atoms with van der Waals surface area (Å²) in [7, 11) is 0. The molecule has 3 rings (SSSR count). The standard InChI is InChI=1S/C20H27N3O/c1-14-10-15(2)12-22(11-14)20(24)19-16(3)21-23(17(19)4)13-18-8-6-5-7-9-18/h5-9,14-15H,10-13H2,1-4H3. The number of benzene rings is 1. The van der Waals surface area contributed by atoms with Crippen molar-refractivity contribution in [2.45, 2.75) is 40.7 Å². The highest BCUT2D eigenvalue weighted by molar-refractivity contribution is 5.96. The molecular weight excluding hydrogens is 298 g/mol. The van der Waals surface area contributed by atoms with Gasteiger partial charge in [0, 0.05) is 18.8 Å². The summed E-state index contributed by atoms with van der Waals surface area (Å²) in [6, 6.07) is 10.3. The van der Waals surface area contributed by atoms with Crippen LogP contribution in [0.15, 0.2) is 30.3 Å². The number of carbonyl (C=O) groups is 1. The molecule has 1 aliphatic rings. The SMILES string of the molecule is Cc1nn(Cc2ccccc2)c(C)c1C(=O)N1CC(C)CC(C)C1. The highest BCUT2D eigenvalue weighted by atomic mass is 16.2. The normalized spacial score (nSPS) is 21.1. The molecule has 0 spiro atoms. The Labute approximate surface area is 144 Å². The van der Waals surface area contributed by atoms with Crippen LogP contribution in [-0.4, -0.2) is 33.7 Å². The van der Waals surface area contributed by atoms with Crippen LogP contribution in [0.4, 0.5) is 0 Å². The lowest BCUT2D eigenvalue weighted by atomic mass is 9.91. The van der Waals surface area contributed by atoms with E-state index < -0.39 is 0 Å². The van der Waals surface area contributed by atoms with Crippen LogP contribution in [0.5, 0.6) is 0 Å². The summed E-state index contributed by atoms with van der Waals surface area (Å²) in [4.78, 5) is 15.1. The largest absolute Gasteiger partial charge is 0.338 e. The van der Waals surface area contributed by atoms with Crippen LogP contribution in [0, 0.1) is 25.7 Å². The number of aromatic nitrogens is 2. The summed E-state index contributed by atoms with van der Waals surface area (Å²) in [5.41, 5.74) is 3.78. The van der Waals surface area contributed by atoms with Crippen LogP contribution in [-0.2, 0) is 6.54 Å². The van der Waals surface area contributed by atoms with E-state index in [1.165, 1.54) is 12.0 Å². The molecule has 0 radical (unpaired) electrons. The van der Waals surface area contributed by atoms with Crippen molar-refractivity contribution in [1.82, 2.24) is 14.7 Å². The first-order valence-corrected chi connectivity index (χ1v) is 8.83. The number of hydrogen-bond donors (Lipinski definition) is 0. The molecule has 2 unspecified atom stereocenters. The number of rotatable bonds is 3. The fourth-order valence-electron chi connectivity index (χ4n) is 3.90. The van der Waals surface area contributed by atoms with Crippen molar-refractivity contribution in [3.63, 3.8) is 0 Å². The van der Waals surface area contributed by atoms with Gasteiger partial charge in [0.1, 0.15) is 0 Å². The first-order valence-electron chi connectivity index (χ1n) is 8.83. The number of aryl methyl sites for hydroxylation is 1. The maximum Gasteiger partial charge on any atom is 0.257 e. The van der Waals surface area contributed by atoms with Crippen LogP contribution in [0.1, 0.15) is 47.6 Å². The molecule has 0 saturated carbocycles. The number of carbonyl (C=O) groups excluding carboxylic acids is 1. The summed E-state index contributed by atoms with van der Waals surface area (Å²) in [6.07, 6.45) is 1.20. The van der Waals surface area contributed by atoms with Gasteiger partial charge >= 0.3 is 0 Å². The Balaban J connectivity index is 1.84. The zero-order chi connectivity index (χ0) is 17.3. The predicted molar refractivity (Wildman–Crippen MR) is 96.1 cm³/mol. The van der Waals surface area contributed by atoms with Crippen molar-refractivity contribution < 1.29 is 4.79 Å². The lowest BCUT2D eigenvalue weighted by molar-refractivity contribution is 0.0621. The highest BCUT2D eigenvalue weighted by Crippen LogP contribution is 2.24. The fraction of sp³-hybridized carbons (Fsp3) is 0.500. The quantitative estimate of drug-likeness (QED) is 0.863. The molecule has 128 valence electrons. The molecule has 2 aromatic rings. The minimum atomic E-state index is 0.141. The summed E-state index contributed by atoms with van der Waals surface area (Å²) in [5.74, 6) is 1.28.